The van der Waals surface area contributed by atoms with Crippen LogP contribution in [0.25, 0.3) is 33.6 Å². The van der Waals surface area contributed by atoms with Gasteiger partial charge in [-0.05, 0) is 59.8 Å². The summed E-state index contributed by atoms with van der Waals surface area (Å²) in [6.45, 7) is 8.04. The van der Waals surface area contributed by atoms with Crippen molar-refractivity contribution < 1.29 is 27.2 Å². The van der Waals surface area contributed by atoms with Crippen LogP contribution in [-0.2, 0) is 23.7 Å². The Morgan fingerprint density at radius 3 is 1.19 bits per heavy atom. The van der Waals surface area contributed by atoms with Crippen molar-refractivity contribution in [3.05, 3.63) is 72.6 Å². The molecule has 0 radical (unpaired) electrons. The predicted octanol–water partition coefficient (Wildman–Crippen LogP) is 9.43. The Balaban J connectivity index is 1.12. The second kappa shape index (κ2) is 15.7. The molecule has 2 aromatic heterocycles. The Hall–Kier alpha value is -4.48. The van der Waals surface area contributed by atoms with Gasteiger partial charge in [0, 0.05) is 51.6 Å². The van der Waals surface area contributed by atoms with Crippen molar-refractivity contribution >= 4 is 11.8 Å². The van der Waals surface area contributed by atoms with Crippen LogP contribution in [0.1, 0.15) is 103 Å². The summed E-state index contributed by atoms with van der Waals surface area (Å²) in [5.41, 5.74) is 5.80. The number of aromatic nitrogens is 4. The van der Waals surface area contributed by atoms with Crippen LogP contribution in [0.2, 0.25) is 0 Å². The van der Waals surface area contributed by atoms with Gasteiger partial charge in [-0.3, -0.25) is 9.59 Å². The van der Waals surface area contributed by atoms with Gasteiger partial charge in [0.2, 0.25) is 23.7 Å². The zero-order valence-corrected chi connectivity index (χ0v) is 32.0. The molecule has 2 aliphatic carbocycles. The van der Waals surface area contributed by atoms with Crippen LogP contribution >= 0.6 is 0 Å². The fourth-order valence-electron chi connectivity index (χ4n) is 7.83. The molecule has 2 amide bonds. The van der Waals surface area contributed by atoms with Gasteiger partial charge in [0.15, 0.2) is 0 Å². The molecule has 2 N–H and O–H groups in total. The van der Waals surface area contributed by atoms with E-state index in [9.17, 15) is 27.2 Å². The van der Waals surface area contributed by atoms with E-state index in [-0.39, 0.29) is 87.1 Å². The molecular weight excluding hydrogens is 696 g/mol. The summed E-state index contributed by atoms with van der Waals surface area (Å²) >= 11 is 0. The average molecular weight is 749 g/mol. The minimum Gasteiger partial charge on any atom is -0.346 e. The number of imidazole rings is 2. The molecule has 4 aromatic rings. The molecular formula is C42H52F4N6O2. The molecule has 0 bridgehead atoms. The van der Waals surface area contributed by atoms with Gasteiger partial charge in [-0.15, -0.1) is 0 Å². The molecule has 2 fully saturated rings. The third kappa shape index (κ3) is 8.57. The lowest BCUT2D eigenvalue weighted by Crippen LogP contribution is -2.40. The molecule has 0 spiro atoms. The molecule has 1 unspecified atom stereocenters. The number of alkyl halides is 4. The number of rotatable bonds is 11. The van der Waals surface area contributed by atoms with Gasteiger partial charge in [-0.2, -0.15) is 0 Å². The Kier molecular flexibility index (Phi) is 11.4. The van der Waals surface area contributed by atoms with E-state index < -0.39 is 23.7 Å². The lowest BCUT2D eigenvalue weighted by Gasteiger charge is -2.30. The van der Waals surface area contributed by atoms with E-state index in [0.717, 1.165) is 33.6 Å². The number of benzene rings is 2. The monoisotopic (exact) mass is 748 g/mol. The fraction of sp³-hybridized carbons (Fsp3) is 0.524. The summed E-state index contributed by atoms with van der Waals surface area (Å²) < 4.78 is 58.7. The summed E-state index contributed by atoms with van der Waals surface area (Å²) in [4.78, 5) is 35.6. The zero-order chi connectivity index (χ0) is 38.9. The molecule has 0 saturated heterocycles. The van der Waals surface area contributed by atoms with E-state index in [2.05, 4.69) is 34.9 Å². The number of halogens is 4. The van der Waals surface area contributed by atoms with Crippen molar-refractivity contribution in [2.45, 2.75) is 103 Å². The number of carbonyl (C=O) groups is 2. The SMILES string of the molecule is CC(C)C(NC(=O)C1CCC(F)(F)CC1)c1ncc(-c2ccc(-c3ccc(-c4cnc([C@@H](NC(=O)C5CCC(F)(F)CC5)C(C)C)n4C)cc3)cc2)n1C. The van der Waals surface area contributed by atoms with E-state index in [1.54, 1.807) is 12.4 Å². The first-order chi connectivity index (χ1) is 25.5. The van der Waals surface area contributed by atoms with Crippen LogP contribution in [0.5, 0.6) is 0 Å². The number of hydrogen-bond acceptors (Lipinski definition) is 4. The van der Waals surface area contributed by atoms with Gasteiger partial charge in [0.1, 0.15) is 11.6 Å². The van der Waals surface area contributed by atoms with Crippen LogP contribution in [0.15, 0.2) is 60.9 Å². The molecule has 2 saturated carbocycles. The smallest absolute Gasteiger partial charge is 0.248 e. The maximum Gasteiger partial charge on any atom is 0.248 e. The van der Waals surface area contributed by atoms with Crippen LogP contribution in [0, 0.1) is 23.7 Å². The summed E-state index contributed by atoms with van der Waals surface area (Å²) in [5, 5.41) is 6.22. The Labute approximate surface area is 315 Å². The second-order valence-electron chi connectivity index (χ2n) is 16.0. The lowest BCUT2D eigenvalue weighted by atomic mass is 9.86. The Morgan fingerprint density at radius 2 is 0.889 bits per heavy atom. The van der Waals surface area contributed by atoms with Gasteiger partial charge < -0.3 is 19.8 Å². The van der Waals surface area contributed by atoms with Crippen molar-refractivity contribution in [3.8, 4) is 33.6 Å². The van der Waals surface area contributed by atoms with Gasteiger partial charge in [0.25, 0.3) is 0 Å². The highest BCUT2D eigenvalue weighted by molar-refractivity contribution is 5.80. The standard InChI is InChI=1S/C42H52F4N6O2/c1-25(2)35(49-39(53)31-15-19-41(43,44)20-16-31)37-47-23-33(51(37)5)29-11-7-27(8-12-29)28-9-13-30(14-10-28)34-24-48-38(52(34)6)36(26(3)4)50-40(54)32-17-21-42(45,46)22-18-32/h7-14,23-26,31-32,35-36H,15-22H2,1-6H3,(H,49,53)(H,50,54)/t35-,36?/m0/s1. The lowest BCUT2D eigenvalue weighted by molar-refractivity contribution is -0.131. The van der Waals surface area contributed by atoms with Crippen molar-refractivity contribution in [2.24, 2.45) is 37.8 Å². The maximum atomic E-state index is 13.7. The second-order valence-corrected chi connectivity index (χ2v) is 16.0. The van der Waals surface area contributed by atoms with Crippen LogP contribution < -0.4 is 10.6 Å². The molecule has 6 rings (SSSR count). The molecule has 2 heterocycles. The predicted molar refractivity (Wildman–Crippen MR) is 202 cm³/mol. The number of hydrogen-bond donors (Lipinski definition) is 2. The molecule has 2 aromatic carbocycles. The molecule has 8 nitrogen and oxygen atoms in total. The van der Waals surface area contributed by atoms with Crippen molar-refractivity contribution in [3.63, 3.8) is 0 Å². The molecule has 2 atom stereocenters. The number of nitrogens with one attached hydrogen (secondary N) is 2. The van der Waals surface area contributed by atoms with E-state index in [1.807, 2.05) is 75.2 Å². The summed E-state index contributed by atoms with van der Waals surface area (Å²) in [6.07, 6.45) is 3.32. The van der Waals surface area contributed by atoms with E-state index >= 15 is 0 Å². The fourth-order valence-corrected chi connectivity index (χ4v) is 7.83. The molecule has 54 heavy (non-hydrogen) atoms. The number of carbonyl (C=O) groups excluding carboxylic acids is 2. The van der Waals surface area contributed by atoms with Gasteiger partial charge in [-0.25, -0.2) is 27.5 Å². The number of nitrogens with zero attached hydrogens (tertiary/aromatic N) is 4. The minimum absolute atomic E-state index is 0.0421. The third-order valence-corrected chi connectivity index (χ3v) is 11.4. The first kappa shape index (κ1) is 39.2. The maximum absolute atomic E-state index is 13.7. The molecule has 12 heteroatoms. The van der Waals surface area contributed by atoms with Crippen LogP contribution in [-0.4, -0.2) is 42.8 Å². The van der Waals surface area contributed by atoms with Crippen LogP contribution in [0.3, 0.4) is 0 Å². The van der Waals surface area contributed by atoms with E-state index in [4.69, 9.17) is 9.97 Å². The third-order valence-electron chi connectivity index (χ3n) is 11.4. The highest BCUT2D eigenvalue weighted by Gasteiger charge is 2.39. The van der Waals surface area contributed by atoms with Crippen molar-refractivity contribution in [2.75, 3.05) is 0 Å². The van der Waals surface area contributed by atoms with E-state index in [1.165, 1.54) is 0 Å². The van der Waals surface area contributed by atoms with Gasteiger partial charge >= 0.3 is 0 Å². The Bertz CT molecular complexity index is 1770. The zero-order valence-electron chi connectivity index (χ0n) is 32.0. The molecule has 0 aliphatic heterocycles. The highest BCUT2D eigenvalue weighted by Crippen LogP contribution is 2.38. The van der Waals surface area contributed by atoms with Crippen molar-refractivity contribution in [1.29, 1.82) is 0 Å². The van der Waals surface area contributed by atoms with Gasteiger partial charge in [0.05, 0.1) is 35.9 Å². The normalized spacial score (nSPS) is 18.8. The highest BCUT2D eigenvalue weighted by atomic mass is 19.3. The largest absolute Gasteiger partial charge is 0.346 e. The van der Waals surface area contributed by atoms with Crippen LogP contribution in [0.4, 0.5) is 17.6 Å². The summed E-state index contributed by atoms with van der Waals surface area (Å²) in [5.74, 6) is -5.07. The van der Waals surface area contributed by atoms with E-state index in [0.29, 0.717) is 11.6 Å². The first-order valence-electron chi connectivity index (χ1n) is 19.1. The first-order valence-corrected chi connectivity index (χ1v) is 19.1. The number of amides is 2. The Morgan fingerprint density at radius 1 is 0.593 bits per heavy atom. The van der Waals surface area contributed by atoms with Crippen molar-refractivity contribution in [1.82, 2.24) is 29.7 Å². The summed E-state index contributed by atoms with van der Waals surface area (Å²) in [7, 11) is 3.85. The molecule has 2 aliphatic rings. The minimum atomic E-state index is -2.68. The topological polar surface area (TPSA) is 93.8 Å². The molecule has 290 valence electrons. The van der Waals surface area contributed by atoms with Gasteiger partial charge in [-0.1, -0.05) is 76.2 Å². The summed E-state index contributed by atoms with van der Waals surface area (Å²) in [6, 6.07) is 15.7. The quantitative estimate of drug-likeness (QED) is 0.150. The average Bonchev–Trinajstić information content (AvgIpc) is 3.70.